The van der Waals surface area contributed by atoms with Gasteiger partial charge in [0, 0.05) is 19.1 Å². The first-order valence-electron chi connectivity index (χ1n) is 7.77. The highest BCUT2D eigenvalue weighted by Crippen LogP contribution is 2.49. The number of nitrogens with zero attached hydrogens (tertiary/aromatic N) is 1. The lowest BCUT2D eigenvalue weighted by molar-refractivity contribution is -0.148. The molecule has 1 heterocycles. The molecule has 1 amide bonds. The Morgan fingerprint density at radius 2 is 2.05 bits per heavy atom. The molecule has 0 aromatic rings. The highest BCUT2D eigenvalue weighted by molar-refractivity contribution is 5.79. The van der Waals surface area contributed by atoms with Crippen molar-refractivity contribution in [1.82, 2.24) is 10.2 Å². The molecule has 2 aliphatic carbocycles. The lowest BCUT2D eigenvalue weighted by Crippen LogP contribution is -2.54. The molecule has 20 heavy (non-hydrogen) atoms. The van der Waals surface area contributed by atoms with Crippen LogP contribution >= 0.6 is 0 Å². The van der Waals surface area contributed by atoms with Crippen LogP contribution in [0.25, 0.3) is 0 Å². The Bertz CT molecular complexity index is 406. The number of amides is 1. The molecule has 4 atom stereocenters. The van der Waals surface area contributed by atoms with Gasteiger partial charge in [0.1, 0.15) is 0 Å². The van der Waals surface area contributed by atoms with Gasteiger partial charge in [0.15, 0.2) is 0 Å². The maximum atomic E-state index is 12.0. The van der Waals surface area contributed by atoms with Crippen LogP contribution in [0.15, 0.2) is 0 Å². The first-order valence-corrected chi connectivity index (χ1v) is 7.77. The lowest BCUT2D eigenvalue weighted by atomic mass is 9.84. The summed E-state index contributed by atoms with van der Waals surface area (Å²) in [6.45, 7) is 3.48. The Hall–Kier alpha value is -1.10. The maximum absolute atomic E-state index is 12.0. The number of aliphatic carboxylic acids is 1. The number of hydrogen-bond acceptors (Lipinski definition) is 3. The van der Waals surface area contributed by atoms with Gasteiger partial charge in [0.2, 0.25) is 5.91 Å². The van der Waals surface area contributed by atoms with Gasteiger partial charge < -0.3 is 10.4 Å². The molecule has 4 unspecified atom stereocenters. The fraction of sp³-hybridized carbons (Fsp3) is 0.867. The van der Waals surface area contributed by atoms with Crippen LogP contribution in [0.5, 0.6) is 0 Å². The van der Waals surface area contributed by atoms with E-state index in [0.29, 0.717) is 25.6 Å². The van der Waals surface area contributed by atoms with E-state index < -0.39 is 5.97 Å². The van der Waals surface area contributed by atoms with Crippen LogP contribution < -0.4 is 5.32 Å². The van der Waals surface area contributed by atoms with Crippen LogP contribution in [0, 0.1) is 23.7 Å². The topological polar surface area (TPSA) is 69.6 Å². The van der Waals surface area contributed by atoms with E-state index in [9.17, 15) is 9.59 Å². The number of likely N-dealkylation sites (tertiary alicyclic amines) is 1. The van der Waals surface area contributed by atoms with E-state index in [2.05, 4.69) is 12.2 Å². The van der Waals surface area contributed by atoms with E-state index >= 15 is 0 Å². The standard InChI is InChI=1S/C15H24N2O3/c1-9(13-5-10-2-3-11(13)4-10)16-14(18)8-17-6-12(7-17)15(19)20/h9-13H,2-8H2,1H3,(H,16,18)(H,19,20). The molecule has 1 aliphatic heterocycles. The second-order valence-corrected chi connectivity index (χ2v) is 6.92. The summed E-state index contributed by atoms with van der Waals surface area (Å²) in [6, 6.07) is 0.259. The zero-order valence-electron chi connectivity index (χ0n) is 12.0. The third-order valence-electron chi connectivity index (χ3n) is 5.50. The van der Waals surface area contributed by atoms with Crippen LogP contribution in [0.3, 0.4) is 0 Å². The SMILES string of the molecule is CC(NC(=O)CN1CC(C(=O)O)C1)C1CC2CCC1C2. The average Bonchev–Trinajstić information content (AvgIpc) is 2.94. The number of carbonyl (C=O) groups is 2. The summed E-state index contributed by atoms with van der Waals surface area (Å²) in [4.78, 5) is 24.6. The number of carboxylic acids is 1. The summed E-state index contributed by atoms with van der Waals surface area (Å²) < 4.78 is 0. The zero-order valence-corrected chi connectivity index (χ0v) is 12.0. The predicted octanol–water partition coefficient (Wildman–Crippen LogP) is 0.944. The minimum Gasteiger partial charge on any atom is -0.481 e. The second-order valence-electron chi connectivity index (χ2n) is 6.92. The Kier molecular flexibility index (Phi) is 3.71. The smallest absolute Gasteiger partial charge is 0.309 e. The van der Waals surface area contributed by atoms with Gasteiger partial charge in [-0.1, -0.05) is 6.42 Å². The molecule has 0 aromatic carbocycles. The normalized spacial score (nSPS) is 34.8. The summed E-state index contributed by atoms with van der Waals surface area (Å²) >= 11 is 0. The first kappa shape index (κ1) is 13.9. The molecule has 1 saturated heterocycles. The second kappa shape index (κ2) is 5.35. The Morgan fingerprint density at radius 1 is 1.30 bits per heavy atom. The number of fused-ring (bicyclic) bond motifs is 2. The largest absolute Gasteiger partial charge is 0.481 e. The molecule has 2 N–H and O–H groups in total. The first-order chi connectivity index (χ1) is 9.52. The molecule has 0 aromatic heterocycles. The molecule has 2 saturated carbocycles. The lowest BCUT2D eigenvalue weighted by Gasteiger charge is -2.36. The van der Waals surface area contributed by atoms with Crippen LogP contribution in [0.2, 0.25) is 0 Å². The fourth-order valence-electron chi connectivity index (χ4n) is 4.37. The van der Waals surface area contributed by atoms with Crippen molar-refractivity contribution in [2.75, 3.05) is 19.6 Å². The number of nitrogens with one attached hydrogen (secondary N) is 1. The van der Waals surface area contributed by atoms with Crippen molar-refractivity contribution in [3.63, 3.8) is 0 Å². The molecule has 3 fully saturated rings. The van der Waals surface area contributed by atoms with Gasteiger partial charge in [-0.15, -0.1) is 0 Å². The summed E-state index contributed by atoms with van der Waals surface area (Å²) in [5.41, 5.74) is 0. The van der Waals surface area contributed by atoms with Crippen LogP contribution in [-0.2, 0) is 9.59 Å². The molecule has 3 aliphatic rings. The Labute approximate surface area is 119 Å². The molecule has 5 heteroatoms. The average molecular weight is 280 g/mol. The molecule has 3 rings (SSSR count). The Morgan fingerprint density at radius 3 is 2.60 bits per heavy atom. The van der Waals surface area contributed by atoms with Crippen molar-refractivity contribution in [2.24, 2.45) is 23.7 Å². The summed E-state index contributed by atoms with van der Waals surface area (Å²) in [5, 5.41) is 11.9. The van der Waals surface area contributed by atoms with Gasteiger partial charge in [-0.25, -0.2) is 0 Å². The molecule has 5 nitrogen and oxygen atoms in total. The van der Waals surface area contributed by atoms with E-state index in [0.717, 1.165) is 11.8 Å². The molecular weight excluding hydrogens is 256 g/mol. The van der Waals surface area contributed by atoms with Gasteiger partial charge in [0.25, 0.3) is 0 Å². The minimum atomic E-state index is -0.753. The van der Waals surface area contributed by atoms with E-state index in [1.165, 1.54) is 25.7 Å². The van der Waals surface area contributed by atoms with Gasteiger partial charge in [0.05, 0.1) is 12.5 Å². The number of rotatable bonds is 5. The number of carbonyl (C=O) groups excluding carboxylic acids is 1. The summed E-state index contributed by atoms with van der Waals surface area (Å²) in [6.07, 6.45) is 5.35. The highest BCUT2D eigenvalue weighted by atomic mass is 16.4. The van der Waals surface area contributed by atoms with E-state index in [-0.39, 0.29) is 17.9 Å². The summed E-state index contributed by atoms with van der Waals surface area (Å²) in [7, 11) is 0. The van der Waals surface area contributed by atoms with Gasteiger partial charge >= 0.3 is 5.97 Å². The molecule has 112 valence electrons. The van der Waals surface area contributed by atoms with Gasteiger partial charge in [-0.3, -0.25) is 14.5 Å². The van der Waals surface area contributed by atoms with Crippen LogP contribution in [-0.4, -0.2) is 47.6 Å². The molecule has 2 bridgehead atoms. The zero-order chi connectivity index (χ0) is 14.3. The van der Waals surface area contributed by atoms with Crippen molar-refractivity contribution >= 4 is 11.9 Å². The predicted molar refractivity (Wildman–Crippen MR) is 74.1 cm³/mol. The third-order valence-corrected chi connectivity index (χ3v) is 5.50. The van der Waals surface area contributed by atoms with Crippen molar-refractivity contribution in [3.8, 4) is 0 Å². The van der Waals surface area contributed by atoms with E-state index in [1.807, 2.05) is 4.90 Å². The monoisotopic (exact) mass is 280 g/mol. The number of hydrogen-bond donors (Lipinski definition) is 2. The third kappa shape index (κ3) is 2.68. The van der Waals surface area contributed by atoms with E-state index in [4.69, 9.17) is 5.11 Å². The van der Waals surface area contributed by atoms with Crippen molar-refractivity contribution < 1.29 is 14.7 Å². The number of carboxylic acid groups (broad SMARTS) is 1. The maximum Gasteiger partial charge on any atom is 0.309 e. The highest BCUT2D eigenvalue weighted by Gasteiger charge is 2.42. The van der Waals surface area contributed by atoms with Crippen molar-refractivity contribution in [1.29, 1.82) is 0 Å². The molecule has 0 radical (unpaired) electrons. The van der Waals surface area contributed by atoms with Crippen LogP contribution in [0.1, 0.15) is 32.6 Å². The Balaban J connectivity index is 1.40. The summed E-state index contributed by atoms with van der Waals surface area (Å²) in [5.74, 6) is 1.37. The molecular formula is C15H24N2O3. The quantitative estimate of drug-likeness (QED) is 0.786. The van der Waals surface area contributed by atoms with Gasteiger partial charge in [-0.2, -0.15) is 0 Å². The van der Waals surface area contributed by atoms with E-state index in [1.54, 1.807) is 0 Å². The molecule has 0 spiro atoms. The van der Waals surface area contributed by atoms with Gasteiger partial charge in [-0.05, 0) is 43.9 Å². The van der Waals surface area contributed by atoms with Crippen molar-refractivity contribution in [2.45, 2.75) is 38.6 Å². The van der Waals surface area contributed by atoms with Crippen molar-refractivity contribution in [3.05, 3.63) is 0 Å². The van der Waals surface area contributed by atoms with Crippen LogP contribution in [0.4, 0.5) is 0 Å². The fourth-order valence-corrected chi connectivity index (χ4v) is 4.37. The minimum absolute atomic E-state index is 0.0455.